The first-order chi connectivity index (χ1) is 11.5. The normalized spacial score (nSPS) is 26.8. The molecule has 24 heavy (non-hydrogen) atoms. The van der Waals surface area contributed by atoms with Crippen LogP contribution in [-0.2, 0) is 9.59 Å². The molecule has 1 aliphatic heterocycles. The molecule has 2 aliphatic rings. The number of carbonyl (C=O) groups excluding carboxylic acids is 1. The van der Waals surface area contributed by atoms with Crippen LogP contribution in [-0.4, -0.2) is 40.5 Å². The first kappa shape index (κ1) is 16.9. The Labute approximate surface area is 140 Å². The van der Waals surface area contributed by atoms with Gasteiger partial charge in [0.1, 0.15) is 11.9 Å². The van der Waals surface area contributed by atoms with E-state index in [0.717, 1.165) is 19.3 Å². The highest BCUT2D eigenvalue weighted by Crippen LogP contribution is 2.39. The van der Waals surface area contributed by atoms with E-state index in [4.69, 9.17) is 0 Å². The Hall–Kier alpha value is -1.95. The van der Waals surface area contributed by atoms with Gasteiger partial charge in [-0.1, -0.05) is 12.8 Å². The number of nitrogens with one attached hydrogen (secondary N) is 1. The average molecular weight is 334 g/mol. The number of likely N-dealkylation sites (tertiary alicyclic amines) is 1. The molecule has 6 heteroatoms. The minimum atomic E-state index is -0.789. The maximum Gasteiger partial charge on any atom is 0.320 e. The van der Waals surface area contributed by atoms with Crippen LogP contribution in [0.2, 0.25) is 0 Å². The second-order valence-corrected chi connectivity index (χ2v) is 6.74. The van der Waals surface area contributed by atoms with Crippen LogP contribution in [0.5, 0.6) is 0 Å². The van der Waals surface area contributed by atoms with E-state index < -0.39 is 12.0 Å². The van der Waals surface area contributed by atoms with Gasteiger partial charge in [0, 0.05) is 24.7 Å². The lowest BCUT2D eigenvalue weighted by Crippen LogP contribution is -2.43. The number of hydrogen-bond acceptors (Lipinski definition) is 3. The Balaban J connectivity index is 1.58. The molecule has 1 aromatic carbocycles. The quantitative estimate of drug-likeness (QED) is 0.869. The van der Waals surface area contributed by atoms with Gasteiger partial charge in [0.15, 0.2) is 0 Å². The van der Waals surface area contributed by atoms with Crippen molar-refractivity contribution in [1.29, 1.82) is 0 Å². The Morgan fingerprint density at radius 3 is 2.62 bits per heavy atom. The minimum Gasteiger partial charge on any atom is -0.480 e. The average Bonchev–Trinajstić information content (AvgIpc) is 2.94. The Bertz CT molecular complexity index is 605. The van der Waals surface area contributed by atoms with Crippen molar-refractivity contribution in [2.24, 2.45) is 5.92 Å². The van der Waals surface area contributed by atoms with Crippen LogP contribution < -0.4 is 5.32 Å². The molecule has 0 aromatic heterocycles. The van der Waals surface area contributed by atoms with E-state index in [-0.39, 0.29) is 18.1 Å². The number of carbonyl (C=O) groups is 2. The summed E-state index contributed by atoms with van der Waals surface area (Å²) in [5.41, 5.74) is 0.549. The number of anilines is 1. The molecular formula is C18H23FN2O3. The van der Waals surface area contributed by atoms with Gasteiger partial charge < -0.3 is 10.4 Å². The van der Waals surface area contributed by atoms with Gasteiger partial charge in [0.2, 0.25) is 5.91 Å². The number of amides is 1. The summed E-state index contributed by atoms with van der Waals surface area (Å²) in [5.74, 6) is -0.869. The SMILES string of the molecule is O=C(CCN1C(C(=O)O)CC2CCCCC21)Nc1ccc(F)cc1. The fourth-order valence-corrected chi connectivity index (χ4v) is 4.10. The third-order valence-electron chi connectivity index (χ3n) is 5.23. The van der Waals surface area contributed by atoms with Crippen molar-refractivity contribution in [2.45, 2.75) is 50.6 Å². The van der Waals surface area contributed by atoms with Crippen LogP contribution in [0.15, 0.2) is 24.3 Å². The second kappa shape index (κ2) is 7.30. The highest BCUT2D eigenvalue weighted by molar-refractivity contribution is 5.90. The number of fused-ring (bicyclic) bond motifs is 1. The van der Waals surface area contributed by atoms with Crippen LogP contribution >= 0.6 is 0 Å². The van der Waals surface area contributed by atoms with E-state index in [9.17, 15) is 19.1 Å². The van der Waals surface area contributed by atoms with Crippen LogP contribution in [0.1, 0.15) is 38.5 Å². The third-order valence-corrected chi connectivity index (χ3v) is 5.23. The number of rotatable bonds is 5. The van der Waals surface area contributed by atoms with Crippen molar-refractivity contribution in [3.05, 3.63) is 30.1 Å². The Kier molecular flexibility index (Phi) is 5.14. The van der Waals surface area contributed by atoms with Gasteiger partial charge in [0.25, 0.3) is 0 Å². The molecule has 5 nitrogen and oxygen atoms in total. The molecule has 0 bridgehead atoms. The Morgan fingerprint density at radius 1 is 1.21 bits per heavy atom. The minimum absolute atomic E-state index is 0.176. The van der Waals surface area contributed by atoms with Crippen molar-refractivity contribution < 1.29 is 19.1 Å². The maximum atomic E-state index is 12.9. The van der Waals surface area contributed by atoms with E-state index in [0.29, 0.717) is 30.6 Å². The van der Waals surface area contributed by atoms with Gasteiger partial charge in [0.05, 0.1) is 0 Å². The lowest BCUT2D eigenvalue weighted by molar-refractivity contribution is -0.143. The van der Waals surface area contributed by atoms with Crippen molar-refractivity contribution in [3.8, 4) is 0 Å². The molecule has 1 amide bonds. The number of benzene rings is 1. The second-order valence-electron chi connectivity index (χ2n) is 6.74. The molecule has 3 rings (SSSR count). The fourth-order valence-electron chi connectivity index (χ4n) is 4.10. The molecular weight excluding hydrogens is 311 g/mol. The molecule has 0 radical (unpaired) electrons. The maximum absolute atomic E-state index is 12.9. The highest BCUT2D eigenvalue weighted by Gasteiger charge is 2.44. The molecule has 1 saturated heterocycles. The molecule has 1 heterocycles. The number of aliphatic carboxylic acids is 1. The predicted molar refractivity (Wildman–Crippen MR) is 88.1 cm³/mol. The number of hydrogen-bond donors (Lipinski definition) is 2. The van der Waals surface area contributed by atoms with Crippen LogP contribution in [0, 0.1) is 11.7 Å². The summed E-state index contributed by atoms with van der Waals surface area (Å²) in [6.07, 6.45) is 5.35. The lowest BCUT2D eigenvalue weighted by Gasteiger charge is -2.32. The van der Waals surface area contributed by atoms with E-state index >= 15 is 0 Å². The summed E-state index contributed by atoms with van der Waals surface area (Å²) in [5, 5.41) is 12.2. The summed E-state index contributed by atoms with van der Waals surface area (Å²) < 4.78 is 12.9. The largest absolute Gasteiger partial charge is 0.480 e. The molecule has 2 N–H and O–H groups in total. The van der Waals surface area contributed by atoms with E-state index in [1.807, 2.05) is 4.90 Å². The summed E-state index contributed by atoms with van der Waals surface area (Å²) >= 11 is 0. The van der Waals surface area contributed by atoms with Crippen molar-refractivity contribution >= 4 is 17.6 Å². The van der Waals surface area contributed by atoms with Gasteiger partial charge in [-0.25, -0.2) is 4.39 Å². The molecule has 1 aromatic rings. The first-order valence-electron chi connectivity index (χ1n) is 8.58. The van der Waals surface area contributed by atoms with E-state index in [2.05, 4.69) is 5.32 Å². The van der Waals surface area contributed by atoms with Crippen molar-refractivity contribution in [1.82, 2.24) is 4.90 Å². The van der Waals surface area contributed by atoms with Gasteiger partial charge >= 0.3 is 5.97 Å². The zero-order valence-corrected chi connectivity index (χ0v) is 13.6. The van der Waals surface area contributed by atoms with E-state index in [1.54, 1.807) is 0 Å². The number of carboxylic acids is 1. The van der Waals surface area contributed by atoms with Crippen LogP contribution in [0.3, 0.4) is 0 Å². The van der Waals surface area contributed by atoms with Crippen LogP contribution in [0.4, 0.5) is 10.1 Å². The highest BCUT2D eigenvalue weighted by atomic mass is 19.1. The molecule has 3 unspecified atom stereocenters. The monoisotopic (exact) mass is 334 g/mol. The molecule has 0 spiro atoms. The topological polar surface area (TPSA) is 69.6 Å². The molecule has 1 saturated carbocycles. The first-order valence-corrected chi connectivity index (χ1v) is 8.58. The summed E-state index contributed by atoms with van der Waals surface area (Å²) in [4.78, 5) is 25.7. The summed E-state index contributed by atoms with van der Waals surface area (Å²) in [6.45, 7) is 0.450. The smallest absolute Gasteiger partial charge is 0.320 e. The van der Waals surface area contributed by atoms with Crippen LogP contribution in [0.25, 0.3) is 0 Å². The number of carboxylic acid groups (broad SMARTS) is 1. The molecule has 3 atom stereocenters. The summed E-state index contributed by atoms with van der Waals surface area (Å²) in [7, 11) is 0. The van der Waals surface area contributed by atoms with Crippen molar-refractivity contribution in [3.63, 3.8) is 0 Å². The molecule has 2 fully saturated rings. The number of halogens is 1. The molecule has 1 aliphatic carbocycles. The molecule has 130 valence electrons. The zero-order valence-electron chi connectivity index (χ0n) is 13.6. The Morgan fingerprint density at radius 2 is 1.92 bits per heavy atom. The van der Waals surface area contributed by atoms with Gasteiger partial charge in [-0.15, -0.1) is 0 Å². The van der Waals surface area contributed by atoms with Gasteiger partial charge in [-0.2, -0.15) is 0 Å². The van der Waals surface area contributed by atoms with Gasteiger partial charge in [-0.05, 0) is 49.4 Å². The number of nitrogens with zero attached hydrogens (tertiary/aromatic N) is 1. The fraction of sp³-hybridized carbons (Fsp3) is 0.556. The lowest BCUT2D eigenvalue weighted by atomic mass is 9.85. The summed E-state index contributed by atoms with van der Waals surface area (Å²) in [6, 6.07) is 5.43. The third kappa shape index (κ3) is 3.75. The van der Waals surface area contributed by atoms with E-state index in [1.165, 1.54) is 30.7 Å². The zero-order chi connectivity index (χ0) is 17.1. The predicted octanol–water partition coefficient (Wildman–Crippen LogP) is 2.87. The standard InChI is InChI=1S/C18H23FN2O3/c19-13-5-7-14(8-6-13)20-17(22)9-10-21-15-4-2-1-3-12(15)11-16(21)18(23)24/h5-8,12,15-16H,1-4,9-11H2,(H,20,22)(H,23,24). The van der Waals surface area contributed by atoms with Crippen molar-refractivity contribution in [2.75, 3.05) is 11.9 Å². The van der Waals surface area contributed by atoms with Gasteiger partial charge in [-0.3, -0.25) is 14.5 Å².